The molecule has 0 saturated heterocycles. The Morgan fingerprint density at radius 3 is 2.28 bits per heavy atom. The van der Waals surface area contributed by atoms with E-state index in [-0.39, 0.29) is 5.75 Å². The maximum Gasteiger partial charge on any atom is 0.387 e. The summed E-state index contributed by atoms with van der Waals surface area (Å²) in [6, 6.07) is 24.6. The molecule has 0 spiro atoms. The normalized spacial score (nSPS) is 15.1. The SMILES string of the molecule is Cc1nc2n(n1)C(c1ccccc1OC(F)F)C=C(c1ccc(-c3ccccc3)cc1)N2. The Balaban J connectivity index is 1.55. The van der Waals surface area contributed by atoms with Crippen LogP contribution in [0.5, 0.6) is 5.75 Å². The topological polar surface area (TPSA) is 52.0 Å². The molecule has 4 aromatic rings. The standard InChI is InChI=1S/C25H20F2N4O/c1-16-28-25-29-21(19-13-11-18(12-14-19)17-7-3-2-4-8-17)15-22(31(25)30-16)20-9-5-6-10-23(20)32-24(26)27/h2-15,22,24H,1H3,(H,28,29,30). The molecule has 1 aliphatic rings. The molecule has 0 aliphatic carbocycles. The zero-order chi connectivity index (χ0) is 22.1. The predicted molar refractivity (Wildman–Crippen MR) is 119 cm³/mol. The van der Waals surface area contributed by atoms with Gasteiger partial charge < -0.3 is 10.1 Å². The van der Waals surface area contributed by atoms with E-state index in [1.165, 1.54) is 6.07 Å². The molecule has 3 aromatic carbocycles. The molecule has 2 heterocycles. The Bertz CT molecular complexity index is 1270. The van der Waals surface area contributed by atoms with Gasteiger partial charge in [-0.2, -0.15) is 18.9 Å². The van der Waals surface area contributed by atoms with Crippen molar-refractivity contribution in [3.05, 3.63) is 102 Å². The number of benzene rings is 3. The van der Waals surface area contributed by atoms with Gasteiger partial charge >= 0.3 is 6.61 Å². The summed E-state index contributed by atoms with van der Waals surface area (Å²) in [6.07, 6.45) is 1.95. The minimum Gasteiger partial charge on any atom is -0.434 e. The highest BCUT2D eigenvalue weighted by Gasteiger charge is 2.27. The van der Waals surface area contributed by atoms with Crippen LogP contribution >= 0.6 is 0 Å². The van der Waals surface area contributed by atoms with Gasteiger partial charge in [0.15, 0.2) is 0 Å². The average Bonchev–Trinajstić information content (AvgIpc) is 3.19. The minimum absolute atomic E-state index is 0.114. The van der Waals surface area contributed by atoms with Crippen LogP contribution in [0, 0.1) is 6.92 Å². The van der Waals surface area contributed by atoms with Crippen LogP contribution in [0.1, 0.15) is 23.0 Å². The van der Waals surface area contributed by atoms with Crippen molar-refractivity contribution >= 4 is 11.6 Å². The number of nitrogens with one attached hydrogen (secondary N) is 1. The van der Waals surface area contributed by atoms with Crippen LogP contribution in [-0.4, -0.2) is 21.4 Å². The Labute approximate surface area is 184 Å². The zero-order valence-corrected chi connectivity index (χ0v) is 17.2. The fraction of sp³-hybridized carbons (Fsp3) is 0.120. The molecule has 1 N–H and O–H groups in total. The van der Waals surface area contributed by atoms with Crippen LogP contribution in [0.15, 0.2) is 84.9 Å². The summed E-state index contributed by atoms with van der Waals surface area (Å²) < 4.78 is 32.5. The summed E-state index contributed by atoms with van der Waals surface area (Å²) in [5.74, 6) is 1.24. The van der Waals surface area contributed by atoms with E-state index in [0.717, 1.165) is 22.4 Å². The highest BCUT2D eigenvalue weighted by molar-refractivity contribution is 5.78. The zero-order valence-electron chi connectivity index (χ0n) is 17.2. The average molecular weight is 430 g/mol. The molecule has 0 saturated carbocycles. The van der Waals surface area contributed by atoms with Gasteiger partial charge in [-0.1, -0.05) is 72.8 Å². The van der Waals surface area contributed by atoms with E-state index in [0.29, 0.717) is 17.3 Å². The van der Waals surface area contributed by atoms with Crippen molar-refractivity contribution in [2.75, 3.05) is 5.32 Å². The summed E-state index contributed by atoms with van der Waals surface area (Å²) in [7, 11) is 0. The highest BCUT2D eigenvalue weighted by Crippen LogP contribution is 2.37. The van der Waals surface area contributed by atoms with E-state index < -0.39 is 12.7 Å². The van der Waals surface area contributed by atoms with Crippen molar-refractivity contribution in [2.24, 2.45) is 0 Å². The highest BCUT2D eigenvalue weighted by atomic mass is 19.3. The number of alkyl halides is 2. The molecule has 1 atom stereocenters. The number of nitrogens with zero attached hydrogens (tertiary/aromatic N) is 3. The maximum atomic E-state index is 13.0. The molecule has 0 bridgehead atoms. The van der Waals surface area contributed by atoms with E-state index in [1.807, 2.05) is 36.4 Å². The summed E-state index contributed by atoms with van der Waals surface area (Å²) in [5.41, 5.74) is 4.60. The number of hydrogen-bond donors (Lipinski definition) is 1. The summed E-state index contributed by atoms with van der Waals surface area (Å²) in [6.45, 7) is -1.12. The van der Waals surface area contributed by atoms with Gasteiger partial charge in [0.25, 0.3) is 0 Å². The van der Waals surface area contributed by atoms with Gasteiger partial charge in [-0.25, -0.2) is 4.68 Å². The molecule has 1 unspecified atom stereocenters. The molecule has 5 rings (SSSR count). The number of allylic oxidation sites excluding steroid dienone is 1. The van der Waals surface area contributed by atoms with Crippen LogP contribution in [-0.2, 0) is 0 Å². The first-order valence-corrected chi connectivity index (χ1v) is 10.2. The molecule has 5 nitrogen and oxygen atoms in total. The lowest BCUT2D eigenvalue weighted by atomic mass is 9.99. The van der Waals surface area contributed by atoms with Crippen LogP contribution in [0.4, 0.5) is 14.7 Å². The first-order chi connectivity index (χ1) is 15.6. The smallest absolute Gasteiger partial charge is 0.387 e. The van der Waals surface area contributed by atoms with Gasteiger partial charge in [0.2, 0.25) is 5.95 Å². The number of anilines is 1. The molecule has 1 aliphatic heterocycles. The Kier molecular flexibility index (Phi) is 5.15. The third-order valence-corrected chi connectivity index (χ3v) is 5.33. The van der Waals surface area contributed by atoms with Crippen molar-refractivity contribution in [1.29, 1.82) is 0 Å². The van der Waals surface area contributed by atoms with Crippen molar-refractivity contribution in [1.82, 2.24) is 14.8 Å². The van der Waals surface area contributed by atoms with Crippen molar-refractivity contribution < 1.29 is 13.5 Å². The number of ether oxygens (including phenoxy) is 1. The van der Waals surface area contributed by atoms with E-state index in [1.54, 1.807) is 29.8 Å². The molecular weight excluding hydrogens is 410 g/mol. The second-order valence-electron chi connectivity index (χ2n) is 7.44. The number of halogens is 2. The lowest BCUT2D eigenvalue weighted by Gasteiger charge is -2.25. The molecule has 7 heteroatoms. The van der Waals surface area contributed by atoms with Gasteiger partial charge in [-0.05, 0) is 35.8 Å². The van der Waals surface area contributed by atoms with Crippen LogP contribution in [0.2, 0.25) is 0 Å². The number of rotatable bonds is 5. The predicted octanol–water partition coefficient (Wildman–Crippen LogP) is 5.91. The lowest BCUT2D eigenvalue weighted by Crippen LogP contribution is -2.21. The van der Waals surface area contributed by atoms with Gasteiger partial charge in [0.1, 0.15) is 17.6 Å². The minimum atomic E-state index is -2.91. The molecule has 32 heavy (non-hydrogen) atoms. The Morgan fingerprint density at radius 2 is 1.53 bits per heavy atom. The fourth-order valence-corrected chi connectivity index (χ4v) is 3.89. The van der Waals surface area contributed by atoms with E-state index in [4.69, 9.17) is 4.74 Å². The van der Waals surface area contributed by atoms with E-state index >= 15 is 0 Å². The largest absolute Gasteiger partial charge is 0.434 e. The third-order valence-electron chi connectivity index (χ3n) is 5.33. The molecule has 0 fully saturated rings. The van der Waals surface area contributed by atoms with Crippen molar-refractivity contribution in [2.45, 2.75) is 19.6 Å². The van der Waals surface area contributed by atoms with E-state index in [2.05, 4.69) is 39.7 Å². The van der Waals surface area contributed by atoms with Crippen molar-refractivity contribution in [3.8, 4) is 16.9 Å². The summed E-state index contributed by atoms with van der Waals surface area (Å²) in [4.78, 5) is 4.47. The molecule has 0 amide bonds. The van der Waals surface area contributed by atoms with Crippen LogP contribution < -0.4 is 10.1 Å². The first kappa shape index (κ1) is 19.9. The molecule has 0 radical (unpaired) electrons. The van der Waals surface area contributed by atoms with Gasteiger partial charge in [-0.3, -0.25) is 0 Å². The van der Waals surface area contributed by atoms with Gasteiger partial charge in [-0.15, -0.1) is 0 Å². The maximum absolute atomic E-state index is 13.0. The Hall–Kier alpha value is -4.00. The van der Waals surface area contributed by atoms with E-state index in [9.17, 15) is 8.78 Å². The van der Waals surface area contributed by atoms with Crippen LogP contribution in [0.3, 0.4) is 0 Å². The molecule has 1 aromatic heterocycles. The lowest BCUT2D eigenvalue weighted by molar-refractivity contribution is -0.0506. The number of aromatic nitrogens is 3. The third kappa shape index (κ3) is 3.85. The van der Waals surface area contributed by atoms with Crippen LogP contribution in [0.25, 0.3) is 16.8 Å². The second kappa shape index (κ2) is 8.26. The summed E-state index contributed by atoms with van der Waals surface area (Å²) in [5, 5.41) is 7.78. The number of hydrogen-bond acceptors (Lipinski definition) is 4. The fourth-order valence-electron chi connectivity index (χ4n) is 3.89. The van der Waals surface area contributed by atoms with Gasteiger partial charge in [0, 0.05) is 11.3 Å². The second-order valence-corrected chi connectivity index (χ2v) is 7.44. The molecular formula is C25H20F2N4O. The Morgan fingerprint density at radius 1 is 0.875 bits per heavy atom. The van der Waals surface area contributed by atoms with Crippen molar-refractivity contribution in [3.63, 3.8) is 0 Å². The number of aryl methyl sites for hydroxylation is 1. The molecule has 160 valence electrons. The number of fused-ring (bicyclic) bond motifs is 1. The monoisotopic (exact) mass is 430 g/mol. The number of para-hydroxylation sites is 1. The first-order valence-electron chi connectivity index (χ1n) is 10.2. The quantitative estimate of drug-likeness (QED) is 0.428. The summed E-state index contributed by atoms with van der Waals surface area (Å²) >= 11 is 0. The van der Waals surface area contributed by atoms with Gasteiger partial charge in [0.05, 0.1) is 0 Å².